The van der Waals surface area contributed by atoms with Gasteiger partial charge < -0.3 is 5.11 Å². The van der Waals surface area contributed by atoms with Crippen LogP contribution in [0.25, 0.3) is 10.8 Å². The number of Topliss-reactive ketones (excluding diaryl/α,β-unsaturated/α-hetero) is 1. The standard InChI is InChI=1S/C11H9NO.C2HF3O2/c1-8(13)11-6-9-4-2-3-5-10(9)7-12-11;3-2(4,5)1(6)7/h2-7H,1H3;(H,6,7). The van der Waals surface area contributed by atoms with Crippen molar-refractivity contribution in [3.8, 4) is 0 Å². The number of carboxylic acids is 1. The molecule has 0 radical (unpaired) electrons. The van der Waals surface area contributed by atoms with E-state index in [2.05, 4.69) is 4.98 Å². The lowest BCUT2D eigenvalue weighted by Gasteiger charge is -1.98. The van der Waals surface area contributed by atoms with Crippen molar-refractivity contribution in [2.24, 2.45) is 0 Å². The first-order valence-corrected chi connectivity index (χ1v) is 5.37. The number of halogens is 3. The molecule has 0 bridgehead atoms. The van der Waals surface area contributed by atoms with Crippen LogP contribution in [0, 0.1) is 0 Å². The number of fused-ring (bicyclic) bond motifs is 1. The number of carbonyl (C=O) groups is 2. The highest BCUT2D eigenvalue weighted by Crippen LogP contribution is 2.13. The average molecular weight is 285 g/mol. The van der Waals surface area contributed by atoms with Gasteiger partial charge in [-0.05, 0) is 11.5 Å². The van der Waals surface area contributed by atoms with Gasteiger partial charge in [-0.25, -0.2) is 4.79 Å². The zero-order valence-electron chi connectivity index (χ0n) is 10.3. The Balaban J connectivity index is 0.000000246. The number of aromatic nitrogens is 1. The van der Waals surface area contributed by atoms with Gasteiger partial charge in [-0.3, -0.25) is 9.78 Å². The van der Waals surface area contributed by atoms with Crippen LogP contribution in [0.5, 0.6) is 0 Å². The summed E-state index contributed by atoms with van der Waals surface area (Å²) in [5, 5.41) is 9.25. The second-order valence-corrected chi connectivity index (χ2v) is 3.78. The SMILES string of the molecule is CC(=O)c1cc2ccccc2cn1.O=C(O)C(F)(F)F. The molecular weight excluding hydrogens is 275 g/mol. The number of rotatable bonds is 1. The fourth-order valence-corrected chi connectivity index (χ4v) is 1.28. The van der Waals surface area contributed by atoms with Gasteiger partial charge in [0.25, 0.3) is 0 Å². The molecule has 106 valence electrons. The van der Waals surface area contributed by atoms with E-state index in [1.54, 1.807) is 6.20 Å². The summed E-state index contributed by atoms with van der Waals surface area (Å²) in [4.78, 5) is 24.0. The lowest BCUT2D eigenvalue weighted by Crippen LogP contribution is -2.21. The van der Waals surface area contributed by atoms with Crippen LogP contribution in [0.4, 0.5) is 13.2 Å². The van der Waals surface area contributed by atoms with Crippen molar-refractivity contribution < 1.29 is 27.9 Å². The van der Waals surface area contributed by atoms with Gasteiger partial charge in [-0.2, -0.15) is 13.2 Å². The minimum absolute atomic E-state index is 0.00533. The maximum atomic E-state index is 11.0. The molecule has 0 saturated carbocycles. The van der Waals surface area contributed by atoms with E-state index in [9.17, 15) is 18.0 Å². The van der Waals surface area contributed by atoms with Crippen LogP contribution in [0.1, 0.15) is 17.4 Å². The van der Waals surface area contributed by atoms with Gasteiger partial charge in [0.05, 0.1) is 0 Å². The van der Waals surface area contributed by atoms with E-state index >= 15 is 0 Å². The second-order valence-electron chi connectivity index (χ2n) is 3.78. The molecule has 0 aliphatic carbocycles. The summed E-state index contributed by atoms with van der Waals surface area (Å²) >= 11 is 0. The zero-order chi connectivity index (χ0) is 15.3. The van der Waals surface area contributed by atoms with Crippen molar-refractivity contribution in [2.45, 2.75) is 13.1 Å². The molecule has 0 saturated heterocycles. The van der Waals surface area contributed by atoms with E-state index in [1.807, 2.05) is 30.3 Å². The predicted molar refractivity (Wildman–Crippen MR) is 65.4 cm³/mol. The summed E-state index contributed by atoms with van der Waals surface area (Å²) in [6.07, 6.45) is -3.36. The quantitative estimate of drug-likeness (QED) is 0.818. The number of aliphatic carboxylic acids is 1. The Bertz CT molecular complexity index is 638. The van der Waals surface area contributed by atoms with Crippen molar-refractivity contribution in [2.75, 3.05) is 0 Å². The molecule has 0 aliphatic rings. The smallest absolute Gasteiger partial charge is 0.475 e. The molecule has 4 nitrogen and oxygen atoms in total. The topological polar surface area (TPSA) is 67.3 Å². The van der Waals surface area contributed by atoms with Crippen LogP contribution >= 0.6 is 0 Å². The summed E-state index contributed by atoms with van der Waals surface area (Å²) in [6.45, 7) is 1.52. The molecule has 2 rings (SSSR count). The first-order valence-electron chi connectivity index (χ1n) is 5.37. The number of ketones is 1. The molecule has 0 aliphatic heterocycles. The van der Waals surface area contributed by atoms with E-state index < -0.39 is 12.1 Å². The van der Waals surface area contributed by atoms with Gasteiger partial charge in [0.15, 0.2) is 5.78 Å². The van der Waals surface area contributed by atoms with Crippen LogP contribution in [-0.2, 0) is 4.79 Å². The Kier molecular flexibility index (Phi) is 4.79. The van der Waals surface area contributed by atoms with E-state index in [1.165, 1.54) is 6.92 Å². The maximum Gasteiger partial charge on any atom is 0.490 e. The van der Waals surface area contributed by atoms with Crippen LogP contribution in [0.3, 0.4) is 0 Å². The Morgan fingerprint density at radius 1 is 1.15 bits per heavy atom. The van der Waals surface area contributed by atoms with Crippen molar-refractivity contribution in [3.05, 3.63) is 42.2 Å². The van der Waals surface area contributed by atoms with Gasteiger partial charge >= 0.3 is 12.1 Å². The lowest BCUT2D eigenvalue weighted by atomic mass is 10.1. The van der Waals surface area contributed by atoms with E-state index in [0.29, 0.717) is 5.69 Å². The molecule has 0 atom stereocenters. The van der Waals surface area contributed by atoms with Gasteiger partial charge in [0.2, 0.25) is 0 Å². The largest absolute Gasteiger partial charge is 0.490 e. The first-order chi connectivity index (χ1) is 9.21. The number of pyridine rings is 1. The van der Waals surface area contributed by atoms with E-state index in [-0.39, 0.29) is 5.78 Å². The maximum absolute atomic E-state index is 11.0. The minimum atomic E-state index is -5.08. The van der Waals surface area contributed by atoms with Crippen molar-refractivity contribution in [1.82, 2.24) is 4.98 Å². The monoisotopic (exact) mass is 285 g/mol. The number of hydrogen-bond donors (Lipinski definition) is 1. The van der Waals surface area contributed by atoms with Crippen molar-refractivity contribution in [1.29, 1.82) is 0 Å². The summed E-state index contributed by atoms with van der Waals surface area (Å²) in [5.74, 6) is -2.75. The number of carbonyl (C=O) groups excluding carboxylic acids is 1. The first kappa shape index (κ1) is 15.6. The van der Waals surface area contributed by atoms with E-state index in [0.717, 1.165) is 10.8 Å². The molecule has 0 unspecified atom stereocenters. The molecule has 0 spiro atoms. The highest BCUT2D eigenvalue weighted by Gasteiger charge is 2.38. The minimum Gasteiger partial charge on any atom is -0.475 e. The molecule has 1 aromatic carbocycles. The molecular formula is C13H10F3NO3. The Hall–Kier alpha value is -2.44. The molecule has 1 aromatic heterocycles. The third-order valence-electron chi connectivity index (χ3n) is 2.23. The summed E-state index contributed by atoms with van der Waals surface area (Å²) < 4.78 is 31.7. The third kappa shape index (κ3) is 4.34. The number of alkyl halides is 3. The normalized spacial score (nSPS) is 10.6. The van der Waals surface area contributed by atoms with Crippen LogP contribution in [-0.4, -0.2) is 28.0 Å². The molecule has 1 heterocycles. The van der Waals surface area contributed by atoms with Crippen molar-refractivity contribution in [3.63, 3.8) is 0 Å². The van der Waals surface area contributed by atoms with Gasteiger partial charge in [-0.1, -0.05) is 24.3 Å². The Morgan fingerprint density at radius 2 is 1.65 bits per heavy atom. The number of hydrogen-bond acceptors (Lipinski definition) is 3. The second kappa shape index (κ2) is 6.14. The average Bonchev–Trinajstić information content (AvgIpc) is 2.37. The van der Waals surface area contributed by atoms with Gasteiger partial charge in [-0.15, -0.1) is 0 Å². The molecule has 1 N–H and O–H groups in total. The van der Waals surface area contributed by atoms with Gasteiger partial charge in [0.1, 0.15) is 5.69 Å². The lowest BCUT2D eigenvalue weighted by molar-refractivity contribution is -0.192. The van der Waals surface area contributed by atoms with Gasteiger partial charge in [0, 0.05) is 18.5 Å². The van der Waals surface area contributed by atoms with Crippen molar-refractivity contribution >= 4 is 22.5 Å². The van der Waals surface area contributed by atoms with Crippen LogP contribution in [0.2, 0.25) is 0 Å². The summed E-state index contributed by atoms with van der Waals surface area (Å²) in [7, 11) is 0. The number of nitrogens with zero attached hydrogens (tertiary/aromatic N) is 1. The predicted octanol–water partition coefficient (Wildman–Crippen LogP) is 3.07. The molecule has 0 fully saturated rings. The zero-order valence-corrected chi connectivity index (χ0v) is 10.3. The summed E-state index contributed by atoms with van der Waals surface area (Å²) in [5.41, 5.74) is 0.527. The summed E-state index contributed by atoms with van der Waals surface area (Å²) in [6, 6.07) is 9.68. The molecule has 0 amide bonds. The molecule has 20 heavy (non-hydrogen) atoms. The molecule has 7 heteroatoms. The molecule has 2 aromatic rings. The van der Waals surface area contributed by atoms with E-state index in [4.69, 9.17) is 9.90 Å². The van der Waals surface area contributed by atoms with Crippen LogP contribution < -0.4 is 0 Å². The Labute approximate surface area is 111 Å². The highest BCUT2D eigenvalue weighted by atomic mass is 19.4. The fraction of sp³-hybridized carbons (Fsp3) is 0.154. The number of carboxylic acid groups (broad SMARTS) is 1. The fourth-order valence-electron chi connectivity index (χ4n) is 1.28. The third-order valence-corrected chi connectivity index (χ3v) is 2.23. The Morgan fingerprint density at radius 3 is 2.10 bits per heavy atom. The van der Waals surface area contributed by atoms with Crippen LogP contribution in [0.15, 0.2) is 36.5 Å². The highest BCUT2D eigenvalue weighted by molar-refractivity contribution is 5.96. The number of benzene rings is 1.